The number of ether oxygens (including phenoxy) is 1. The molecule has 6 nitrogen and oxygen atoms in total. The lowest BCUT2D eigenvalue weighted by atomic mass is 10.0. The van der Waals surface area contributed by atoms with Gasteiger partial charge in [-0.2, -0.15) is 5.26 Å². The van der Waals surface area contributed by atoms with Crippen molar-refractivity contribution in [2.45, 2.75) is 83.6 Å². The van der Waals surface area contributed by atoms with Gasteiger partial charge in [0, 0.05) is 0 Å². The Hall–Kier alpha value is -1.56. The smallest absolute Gasteiger partial charge is 0.362 e. The van der Waals surface area contributed by atoms with E-state index in [0.717, 1.165) is 42.4 Å². The average molecular weight is 571 g/mol. The summed E-state index contributed by atoms with van der Waals surface area (Å²) in [6, 6.07) is 19.0. The Morgan fingerprint density at radius 2 is 1.19 bits per heavy atom. The van der Waals surface area contributed by atoms with E-state index in [1.165, 1.54) is 38.5 Å². The molecular formula is C27H40NO5Si4. The Kier molecular flexibility index (Phi) is 12.8. The Morgan fingerprint density at radius 1 is 0.703 bits per heavy atom. The molecule has 3 rings (SSSR count). The van der Waals surface area contributed by atoms with Crippen molar-refractivity contribution in [1.82, 2.24) is 0 Å². The molecule has 0 aliphatic carbocycles. The van der Waals surface area contributed by atoms with Gasteiger partial charge in [-0.15, -0.1) is 0 Å². The first-order valence-corrected chi connectivity index (χ1v) is 21.3. The largest absolute Gasteiger partial charge is 0.494 e. The fourth-order valence-electron chi connectivity index (χ4n) is 4.48. The van der Waals surface area contributed by atoms with Crippen LogP contribution >= 0.6 is 0 Å². The SMILES string of the molecule is C[Si]1O[Si](C)O[Si](C)(CCCCCCCCCCOc2ccc(-c3ccc(C#N)cc3)cc2)O[Si](C)O1. The first-order valence-electron chi connectivity index (χ1n) is 13.3. The molecule has 0 atom stereocenters. The minimum absolute atomic E-state index is 0.679. The van der Waals surface area contributed by atoms with Crippen LogP contribution in [0.2, 0.25) is 32.2 Å². The summed E-state index contributed by atoms with van der Waals surface area (Å²) in [5, 5.41) is 8.93. The zero-order valence-electron chi connectivity index (χ0n) is 22.7. The Bertz CT molecular complexity index is 956. The standard InChI is InChI=1S/C27H40NO5Si4/c1-34-30-35(2)32-37(4,33-36(3)31-34)22-12-10-8-6-5-7-9-11-21-29-27-19-17-26(18-20-27)25-15-13-24(23-28)14-16-25/h13-20H,5-12,21-22H2,1-4H3. The molecule has 0 aromatic heterocycles. The second-order valence-corrected chi connectivity index (χ2v) is 18.6. The van der Waals surface area contributed by atoms with Crippen molar-refractivity contribution in [3.05, 3.63) is 54.1 Å². The van der Waals surface area contributed by atoms with Gasteiger partial charge in [-0.05, 0) is 74.0 Å². The van der Waals surface area contributed by atoms with Crippen LogP contribution in [0.15, 0.2) is 48.5 Å². The van der Waals surface area contributed by atoms with Crippen LogP contribution in [0.25, 0.3) is 11.1 Å². The summed E-state index contributed by atoms with van der Waals surface area (Å²) >= 11 is 0. The zero-order valence-corrected chi connectivity index (χ0v) is 26.7. The molecule has 0 N–H and O–H groups in total. The van der Waals surface area contributed by atoms with Gasteiger partial charge in [0.1, 0.15) is 5.75 Å². The van der Waals surface area contributed by atoms with E-state index in [-0.39, 0.29) is 0 Å². The van der Waals surface area contributed by atoms with Gasteiger partial charge in [-0.25, -0.2) is 0 Å². The van der Waals surface area contributed by atoms with Gasteiger partial charge >= 0.3 is 36.4 Å². The third-order valence-corrected chi connectivity index (χ3v) is 17.9. The molecule has 199 valence electrons. The molecule has 3 radical (unpaired) electrons. The maximum Gasteiger partial charge on any atom is 0.362 e. The van der Waals surface area contributed by atoms with Crippen LogP contribution in [0.4, 0.5) is 0 Å². The second kappa shape index (κ2) is 15.8. The first kappa shape index (κ1) is 30.0. The molecule has 2 aromatic rings. The molecule has 1 heterocycles. The van der Waals surface area contributed by atoms with Crippen molar-refractivity contribution in [1.29, 1.82) is 5.26 Å². The quantitative estimate of drug-likeness (QED) is 0.187. The van der Waals surface area contributed by atoms with Crippen molar-refractivity contribution in [3.63, 3.8) is 0 Å². The third kappa shape index (κ3) is 11.0. The normalized spacial score (nSPS) is 17.2. The number of hydrogen-bond acceptors (Lipinski definition) is 6. The lowest BCUT2D eigenvalue weighted by molar-refractivity contribution is 0.273. The van der Waals surface area contributed by atoms with E-state index in [0.29, 0.717) is 5.56 Å². The van der Waals surface area contributed by atoms with Crippen molar-refractivity contribution < 1.29 is 21.2 Å². The fraction of sp³-hybridized carbons (Fsp3) is 0.519. The number of benzene rings is 2. The van der Waals surface area contributed by atoms with E-state index >= 15 is 0 Å². The molecule has 0 saturated carbocycles. The van der Waals surface area contributed by atoms with Crippen LogP contribution in [0.5, 0.6) is 5.75 Å². The highest BCUT2D eigenvalue weighted by Gasteiger charge is 2.40. The van der Waals surface area contributed by atoms with Crippen LogP contribution < -0.4 is 4.74 Å². The molecule has 1 fully saturated rings. The summed E-state index contributed by atoms with van der Waals surface area (Å²) < 4.78 is 30.4. The average Bonchev–Trinajstić information content (AvgIpc) is 2.86. The summed E-state index contributed by atoms with van der Waals surface area (Å²) in [5.41, 5.74) is 2.91. The molecule has 0 amide bonds. The van der Waals surface area contributed by atoms with Gasteiger partial charge < -0.3 is 21.2 Å². The topological polar surface area (TPSA) is 69.9 Å². The molecule has 1 saturated heterocycles. The minimum atomic E-state index is -2.19. The highest BCUT2D eigenvalue weighted by Crippen LogP contribution is 2.24. The first-order chi connectivity index (χ1) is 17.9. The Labute approximate surface area is 229 Å². The number of nitrogens with zero attached hydrogens (tertiary/aromatic N) is 1. The number of hydrogen-bond donors (Lipinski definition) is 0. The number of unbranched alkanes of at least 4 members (excludes halogenated alkanes) is 7. The summed E-state index contributed by atoms with van der Waals surface area (Å²) in [4.78, 5) is 0. The molecule has 37 heavy (non-hydrogen) atoms. The van der Waals surface area contributed by atoms with E-state index in [1.807, 2.05) is 42.9 Å². The van der Waals surface area contributed by atoms with Gasteiger partial charge in [0.2, 0.25) is 0 Å². The third-order valence-electron chi connectivity index (χ3n) is 6.29. The summed E-state index contributed by atoms with van der Waals surface area (Å²) in [6.07, 6.45) is 9.80. The molecule has 2 aromatic carbocycles. The predicted octanol–water partition coefficient (Wildman–Crippen LogP) is 7.23. The molecule has 0 bridgehead atoms. The maximum atomic E-state index is 8.93. The van der Waals surface area contributed by atoms with E-state index < -0.39 is 36.4 Å². The molecule has 0 spiro atoms. The monoisotopic (exact) mass is 570 g/mol. The Morgan fingerprint density at radius 3 is 1.73 bits per heavy atom. The second-order valence-electron chi connectivity index (χ2n) is 9.66. The van der Waals surface area contributed by atoms with E-state index in [9.17, 15) is 0 Å². The van der Waals surface area contributed by atoms with E-state index in [1.54, 1.807) is 0 Å². The minimum Gasteiger partial charge on any atom is -0.494 e. The van der Waals surface area contributed by atoms with Crippen LogP contribution in [-0.4, -0.2) is 43.0 Å². The van der Waals surface area contributed by atoms with Crippen molar-refractivity contribution >= 4 is 36.4 Å². The van der Waals surface area contributed by atoms with Gasteiger partial charge in [0.25, 0.3) is 0 Å². The summed E-state index contributed by atoms with van der Waals surface area (Å²) in [5.74, 6) is 0.911. The molecule has 1 aliphatic heterocycles. The van der Waals surface area contributed by atoms with Gasteiger partial charge in [0.15, 0.2) is 0 Å². The van der Waals surface area contributed by atoms with E-state index in [4.69, 9.17) is 26.5 Å². The summed E-state index contributed by atoms with van der Waals surface area (Å²) in [7, 11) is -5.95. The van der Waals surface area contributed by atoms with Crippen LogP contribution in [0.3, 0.4) is 0 Å². The highest BCUT2D eigenvalue weighted by atomic mass is 28.5. The molecule has 1 aliphatic rings. The van der Waals surface area contributed by atoms with Crippen LogP contribution in [0, 0.1) is 11.3 Å². The number of nitriles is 1. The van der Waals surface area contributed by atoms with Gasteiger partial charge in [-0.3, -0.25) is 0 Å². The van der Waals surface area contributed by atoms with Gasteiger partial charge in [-0.1, -0.05) is 69.2 Å². The summed E-state index contributed by atoms with van der Waals surface area (Å²) in [6.45, 7) is 9.08. The van der Waals surface area contributed by atoms with Crippen LogP contribution in [-0.2, 0) is 16.5 Å². The number of rotatable bonds is 13. The van der Waals surface area contributed by atoms with Crippen molar-refractivity contribution in [3.8, 4) is 22.9 Å². The predicted molar refractivity (Wildman–Crippen MR) is 155 cm³/mol. The Balaban J connectivity index is 1.20. The zero-order chi connectivity index (χ0) is 26.5. The van der Waals surface area contributed by atoms with E-state index in [2.05, 4.69) is 37.8 Å². The maximum absolute atomic E-state index is 8.93. The molecular weight excluding hydrogens is 531 g/mol. The lowest BCUT2D eigenvalue weighted by Crippen LogP contribution is -2.52. The van der Waals surface area contributed by atoms with Crippen molar-refractivity contribution in [2.24, 2.45) is 0 Å². The fourth-order valence-corrected chi connectivity index (χ4v) is 16.5. The van der Waals surface area contributed by atoms with Crippen LogP contribution in [0.1, 0.15) is 56.9 Å². The van der Waals surface area contributed by atoms with Gasteiger partial charge in [0.05, 0.1) is 18.2 Å². The molecule has 10 heteroatoms. The molecule has 0 unspecified atom stereocenters. The van der Waals surface area contributed by atoms with Crippen molar-refractivity contribution in [2.75, 3.05) is 6.61 Å². The highest BCUT2D eigenvalue weighted by molar-refractivity contribution is 6.81. The lowest BCUT2D eigenvalue weighted by Gasteiger charge is -2.35.